The first-order valence-electron chi connectivity index (χ1n) is 12.0. The van der Waals surface area contributed by atoms with Crippen molar-refractivity contribution in [2.45, 2.75) is 39.5 Å². The largest absolute Gasteiger partial charge is 0.372 e. The Labute approximate surface area is 199 Å². The average Bonchev–Trinajstić information content (AvgIpc) is 2.87. The quantitative estimate of drug-likeness (QED) is 0.284. The highest BCUT2D eigenvalue weighted by atomic mass is 15.1. The van der Waals surface area contributed by atoms with E-state index in [1.807, 2.05) is 24.3 Å². The summed E-state index contributed by atoms with van der Waals surface area (Å²) in [4.78, 5) is 2.52. The highest BCUT2D eigenvalue weighted by Crippen LogP contribution is 2.19. The molecule has 0 aliphatic carbocycles. The van der Waals surface area contributed by atoms with Crippen LogP contribution in [0.15, 0.2) is 72.8 Å². The lowest BCUT2D eigenvalue weighted by atomic mass is 10.1. The Balaban J connectivity index is 1.59. The third-order valence-electron chi connectivity index (χ3n) is 5.73. The molecule has 3 aromatic carbocycles. The minimum atomic E-state index is 0.684. The van der Waals surface area contributed by atoms with E-state index in [0.717, 1.165) is 24.2 Å². The van der Waals surface area contributed by atoms with Crippen LogP contribution in [0.5, 0.6) is 0 Å². The summed E-state index contributed by atoms with van der Waals surface area (Å²) in [5.74, 6) is 0. The van der Waals surface area contributed by atoms with Crippen molar-refractivity contribution in [3.8, 4) is 6.07 Å². The number of unbranched alkanes of at least 4 members (excludes halogenated alkanes) is 2. The maximum atomic E-state index is 8.89. The standard InChI is InChI=1S/C31H34N2/c1-3-5-23-33(24-6-4-2)31-21-19-29(20-22-31)14-13-27-9-7-26(8-10-27)11-12-28-15-17-30(25-32)18-16-28/h7-22H,3-6,23-24H2,1-2H3/b12-11+,14-13+. The van der Waals surface area contributed by atoms with Gasteiger partial charge in [-0.15, -0.1) is 0 Å². The van der Waals surface area contributed by atoms with Crippen molar-refractivity contribution >= 4 is 30.0 Å². The Morgan fingerprint density at radius 1 is 0.606 bits per heavy atom. The molecule has 0 aliphatic heterocycles. The van der Waals surface area contributed by atoms with E-state index in [0.29, 0.717) is 5.56 Å². The van der Waals surface area contributed by atoms with Crippen molar-refractivity contribution in [2.24, 2.45) is 0 Å². The first-order chi connectivity index (χ1) is 16.2. The number of hydrogen-bond acceptors (Lipinski definition) is 2. The fourth-order valence-corrected chi connectivity index (χ4v) is 3.64. The van der Waals surface area contributed by atoms with Gasteiger partial charge in [-0.3, -0.25) is 0 Å². The van der Waals surface area contributed by atoms with E-state index in [-0.39, 0.29) is 0 Å². The predicted octanol–water partition coefficient (Wildman–Crippen LogP) is 8.31. The minimum Gasteiger partial charge on any atom is -0.372 e. The Hall–Kier alpha value is -3.57. The number of hydrogen-bond donors (Lipinski definition) is 0. The molecule has 2 nitrogen and oxygen atoms in total. The van der Waals surface area contributed by atoms with Gasteiger partial charge in [-0.2, -0.15) is 5.26 Å². The number of anilines is 1. The number of benzene rings is 3. The minimum absolute atomic E-state index is 0.684. The molecule has 0 spiro atoms. The van der Waals surface area contributed by atoms with Crippen LogP contribution in [0.25, 0.3) is 24.3 Å². The highest BCUT2D eigenvalue weighted by molar-refractivity contribution is 5.73. The van der Waals surface area contributed by atoms with E-state index in [4.69, 9.17) is 5.26 Å². The van der Waals surface area contributed by atoms with Gasteiger partial charge in [0.25, 0.3) is 0 Å². The van der Waals surface area contributed by atoms with E-state index in [9.17, 15) is 0 Å². The fraction of sp³-hybridized carbons (Fsp3) is 0.258. The number of rotatable bonds is 11. The molecule has 2 heteroatoms. The molecule has 0 bridgehead atoms. The first-order valence-corrected chi connectivity index (χ1v) is 12.0. The lowest BCUT2D eigenvalue weighted by Crippen LogP contribution is -2.25. The van der Waals surface area contributed by atoms with Crippen molar-refractivity contribution < 1.29 is 0 Å². The van der Waals surface area contributed by atoms with Gasteiger partial charge in [0, 0.05) is 18.8 Å². The van der Waals surface area contributed by atoms with E-state index in [1.54, 1.807) is 0 Å². The zero-order valence-electron chi connectivity index (χ0n) is 19.9. The molecular weight excluding hydrogens is 400 g/mol. The summed E-state index contributed by atoms with van der Waals surface area (Å²) in [7, 11) is 0. The Bertz CT molecular complexity index is 1060. The van der Waals surface area contributed by atoms with Crippen LogP contribution in [0.3, 0.4) is 0 Å². The van der Waals surface area contributed by atoms with E-state index >= 15 is 0 Å². The molecule has 0 atom stereocenters. The topological polar surface area (TPSA) is 27.0 Å². The third-order valence-corrected chi connectivity index (χ3v) is 5.73. The van der Waals surface area contributed by atoms with Gasteiger partial charge in [-0.25, -0.2) is 0 Å². The fourth-order valence-electron chi connectivity index (χ4n) is 3.64. The van der Waals surface area contributed by atoms with Crippen LogP contribution in [0, 0.1) is 11.3 Å². The molecule has 0 N–H and O–H groups in total. The van der Waals surface area contributed by atoms with Crippen molar-refractivity contribution in [3.05, 3.63) is 101 Å². The second-order valence-corrected chi connectivity index (χ2v) is 8.35. The van der Waals surface area contributed by atoms with Crippen molar-refractivity contribution in [1.29, 1.82) is 5.26 Å². The zero-order valence-corrected chi connectivity index (χ0v) is 19.9. The molecule has 33 heavy (non-hydrogen) atoms. The van der Waals surface area contributed by atoms with Gasteiger partial charge in [0.15, 0.2) is 0 Å². The van der Waals surface area contributed by atoms with Gasteiger partial charge in [0.1, 0.15) is 0 Å². The summed E-state index contributed by atoms with van der Waals surface area (Å²) in [5.41, 5.74) is 6.65. The van der Waals surface area contributed by atoms with E-state index in [1.165, 1.54) is 42.5 Å². The molecule has 0 saturated carbocycles. The van der Waals surface area contributed by atoms with Gasteiger partial charge >= 0.3 is 0 Å². The number of nitriles is 1. The van der Waals surface area contributed by atoms with Crippen LogP contribution >= 0.6 is 0 Å². The van der Waals surface area contributed by atoms with Crippen LogP contribution in [0.1, 0.15) is 67.3 Å². The lowest BCUT2D eigenvalue weighted by molar-refractivity contribution is 0.678. The maximum absolute atomic E-state index is 8.89. The summed E-state index contributed by atoms with van der Waals surface area (Å²) >= 11 is 0. The molecule has 0 radical (unpaired) electrons. The average molecular weight is 435 g/mol. The van der Waals surface area contributed by atoms with Gasteiger partial charge in [-0.1, -0.05) is 99.5 Å². The molecule has 0 unspecified atom stereocenters. The second-order valence-electron chi connectivity index (χ2n) is 8.35. The summed E-state index contributed by atoms with van der Waals surface area (Å²) < 4.78 is 0. The monoisotopic (exact) mass is 434 g/mol. The molecular formula is C31H34N2. The van der Waals surface area contributed by atoms with Crippen molar-refractivity contribution in [1.82, 2.24) is 0 Å². The smallest absolute Gasteiger partial charge is 0.0991 e. The third kappa shape index (κ3) is 7.81. The summed E-state index contributed by atoms with van der Waals surface area (Å²) in [6.07, 6.45) is 13.4. The second kappa shape index (κ2) is 13.1. The Kier molecular flexibility index (Phi) is 9.55. The molecule has 168 valence electrons. The van der Waals surface area contributed by atoms with E-state index < -0.39 is 0 Å². The van der Waals surface area contributed by atoms with Gasteiger partial charge < -0.3 is 4.90 Å². The SMILES string of the molecule is CCCCN(CCCC)c1ccc(/C=C/c2ccc(/C=C/c3ccc(C#N)cc3)cc2)cc1. The molecule has 0 fully saturated rings. The highest BCUT2D eigenvalue weighted by Gasteiger charge is 2.05. The predicted molar refractivity (Wildman–Crippen MR) is 144 cm³/mol. The van der Waals surface area contributed by atoms with Crippen molar-refractivity contribution in [2.75, 3.05) is 18.0 Å². The van der Waals surface area contributed by atoms with Crippen molar-refractivity contribution in [3.63, 3.8) is 0 Å². The molecule has 3 rings (SSSR count). The Morgan fingerprint density at radius 3 is 1.33 bits per heavy atom. The maximum Gasteiger partial charge on any atom is 0.0991 e. The van der Waals surface area contributed by atoms with E-state index in [2.05, 4.69) is 97.7 Å². The van der Waals surface area contributed by atoms with Crippen LogP contribution < -0.4 is 4.90 Å². The summed E-state index contributed by atoms with van der Waals surface area (Å²) in [5, 5.41) is 8.89. The lowest BCUT2D eigenvalue weighted by Gasteiger charge is -2.24. The Morgan fingerprint density at radius 2 is 0.970 bits per heavy atom. The normalized spacial score (nSPS) is 11.2. The van der Waals surface area contributed by atoms with Gasteiger partial charge in [0.2, 0.25) is 0 Å². The van der Waals surface area contributed by atoms with Gasteiger partial charge in [0.05, 0.1) is 11.6 Å². The molecule has 0 aliphatic rings. The first kappa shape index (κ1) is 24.1. The molecule has 3 aromatic rings. The summed E-state index contributed by atoms with van der Waals surface area (Å²) in [6.45, 7) is 6.78. The molecule has 0 heterocycles. The molecule has 0 amide bonds. The summed E-state index contributed by atoms with van der Waals surface area (Å²) in [6, 6.07) is 27.2. The number of nitrogens with zero attached hydrogens (tertiary/aromatic N) is 2. The zero-order chi connectivity index (χ0) is 23.3. The van der Waals surface area contributed by atoms with Crippen LogP contribution in [-0.4, -0.2) is 13.1 Å². The molecule has 0 saturated heterocycles. The molecule has 0 aromatic heterocycles. The van der Waals surface area contributed by atoms with Crippen LogP contribution in [0.4, 0.5) is 5.69 Å². The van der Waals surface area contributed by atoms with Crippen LogP contribution in [0.2, 0.25) is 0 Å². The van der Waals surface area contributed by atoms with Crippen LogP contribution in [-0.2, 0) is 0 Å². The van der Waals surface area contributed by atoms with Gasteiger partial charge in [-0.05, 0) is 59.4 Å².